The van der Waals surface area contributed by atoms with Crippen molar-refractivity contribution in [2.75, 3.05) is 19.7 Å². The molecule has 0 N–H and O–H groups in total. The predicted octanol–water partition coefficient (Wildman–Crippen LogP) is 5.49. The highest BCUT2D eigenvalue weighted by Gasteiger charge is 2.34. The summed E-state index contributed by atoms with van der Waals surface area (Å²) in [6.45, 7) is 6.74. The lowest BCUT2D eigenvalue weighted by atomic mass is 9.92. The Balaban J connectivity index is 1.89. The maximum Gasteiger partial charge on any atom is 0.410 e. The molecule has 1 amide bonds. The zero-order valence-electron chi connectivity index (χ0n) is 17.0. The summed E-state index contributed by atoms with van der Waals surface area (Å²) in [6.07, 6.45) is -0.124. The van der Waals surface area contributed by atoms with Crippen molar-refractivity contribution in [3.63, 3.8) is 0 Å². The van der Waals surface area contributed by atoms with Crippen molar-refractivity contribution in [2.24, 2.45) is 5.92 Å². The van der Waals surface area contributed by atoms with Gasteiger partial charge in [-0.1, -0.05) is 29.3 Å². The van der Waals surface area contributed by atoms with Crippen LogP contribution in [0.3, 0.4) is 0 Å². The zero-order valence-corrected chi connectivity index (χ0v) is 19.4. The number of amides is 1. The quantitative estimate of drug-likeness (QED) is 0.596. The van der Waals surface area contributed by atoms with Gasteiger partial charge in [0.05, 0.1) is 27.8 Å². The van der Waals surface area contributed by atoms with E-state index in [1.165, 1.54) is 11.3 Å². The lowest BCUT2D eigenvalue weighted by Gasteiger charge is -2.29. The van der Waals surface area contributed by atoms with Crippen molar-refractivity contribution in [1.82, 2.24) is 9.88 Å². The van der Waals surface area contributed by atoms with Crippen LogP contribution in [0.15, 0.2) is 23.6 Å². The first-order valence-electron chi connectivity index (χ1n) is 9.55. The van der Waals surface area contributed by atoms with Crippen LogP contribution < -0.4 is 0 Å². The van der Waals surface area contributed by atoms with Gasteiger partial charge in [0.1, 0.15) is 11.7 Å². The summed E-state index contributed by atoms with van der Waals surface area (Å²) in [5.74, 6) is -0.102. The smallest absolute Gasteiger partial charge is 0.410 e. The van der Waals surface area contributed by atoms with Crippen LogP contribution in [0.1, 0.15) is 43.1 Å². The highest BCUT2D eigenvalue weighted by molar-refractivity contribution is 7.09. The van der Waals surface area contributed by atoms with Gasteiger partial charge in [0.2, 0.25) is 0 Å². The minimum absolute atomic E-state index is 0.102. The van der Waals surface area contributed by atoms with Gasteiger partial charge in [0.25, 0.3) is 0 Å². The number of hydrogen-bond donors (Lipinski definition) is 0. The van der Waals surface area contributed by atoms with E-state index in [9.17, 15) is 4.79 Å². The lowest BCUT2D eigenvalue weighted by molar-refractivity contribution is 0.0231. The third-order valence-corrected chi connectivity index (χ3v) is 6.18. The molecule has 0 radical (unpaired) electrons. The minimum atomic E-state index is -0.583. The van der Waals surface area contributed by atoms with Crippen molar-refractivity contribution < 1.29 is 14.3 Å². The number of halogens is 2. The second-order valence-electron chi connectivity index (χ2n) is 8.09. The number of rotatable bonds is 3. The van der Waals surface area contributed by atoms with E-state index in [1.54, 1.807) is 22.4 Å². The number of carbonyl (C=O) groups is 1. The Morgan fingerprint density at radius 2 is 2.17 bits per heavy atom. The fourth-order valence-corrected chi connectivity index (χ4v) is 4.42. The van der Waals surface area contributed by atoms with E-state index >= 15 is 0 Å². The van der Waals surface area contributed by atoms with Crippen LogP contribution in [0.4, 0.5) is 4.79 Å². The maximum atomic E-state index is 12.7. The fourth-order valence-electron chi connectivity index (χ4n) is 3.30. The molecule has 2 atom stereocenters. The van der Waals surface area contributed by atoms with E-state index < -0.39 is 5.60 Å². The van der Waals surface area contributed by atoms with Gasteiger partial charge in [-0.3, -0.25) is 0 Å². The van der Waals surface area contributed by atoms with E-state index in [-0.39, 0.29) is 18.1 Å². The minimum Gasteiger partial charge on any atom is -0.444 e. The van der Waals surface area contributed by atoms with Crippen LogP contribution in [-0.2, 0) is 15.9 Å². The monoisotopic (exact) mass is 467 g/mol. The third kappa shape index (κ3) is 5.86. The lowest BCUT2D eigenvalue weighted by Crippen LogP contribution is -2.40. The first-order valence-corrected chi connectivity index (χ1v) is 11.2. The fraction of sp³-hybridized carbons (Fsp3) is 0.476. The van der Waals surface area contributed by atoms with Crippen LogP contribution >= 0.6 is 34.5 Å². The average molecular weight is 468 g/mol. The summed E-state index contributed by atoms with van der Waals surface area (Å²) in [5, 5.41) is 12.6. The Hall–Kier alpha value is -1.85. The predicted molar refractivity (Wildman–Crippen MR) is 117 cm³/mol. The van der Waals surface area contributed by atoms with E-state index in [0.717, 1.165) is 10.6 Å². The SMILES string of the molecule is CC(C)(C)OC(=O)N1CCO[C@@H](c2ccc(Cl)c(Cl)c2)[C@H](Cc2nc(C#N)cs2)C1. The number of nitriles is 1. The van der Waals surface area contributed by atoms with Crippen LogP contribution in [0, 0.1) is 17.2 Å². The highest BCUT2D eigenvalue weighted by Crippen LogP contribution is 2.35. The largest absolute Gasteiger partial charge is 0.444 e. The summed E-state index contributed by atoms with van der Waals surface area (Å²) in [6, 6.07) is 7.49. The normalized spacial score (nSPS) is 19.8. The molecule has 2 aromatic rings. The molecule has 0 aliphatic carbocycles. The van der Waals surface area contributed by atoms with Gasteiger partial charge < -0.3 is 14.4 Å². The number of carbonyl (C=O) groups excluding carboxylic acids is 1. The second kappa shape index (κ2) is 9.52. The Kier molecular flexibility index (Phi) is 7.25. The topological polar surface area (TPSA) is 75.4 Å². The van der Waals surface area contributed by atoms with Crippen molar-refractivity contribution in [2.45, 2.75) is 38.9 Å². The van der Waals surface area contributed by atoms with E-state index in [2.05, 4.69) is 11.1 Å². The molecule has 6 nitrogen and oxygen atoms in total. The molecule has 9 heteroatoms. The molecule has 1 fully saturated rings. The van der Waals surface area contributed by atoms with Gasteiger partial charge in [-0.2, -0.15) is 5.26 Å². The molecule has 1 saturated heterocycles. The number of hydrogen-bond acceptors (Lipinski definition) is 6. The van der Waals surface area contributed by atoms with Gasteiger partial charge in [0.15, 0.2) is 5.69 Å². The summed E-state index contributed by atoms with van der Waals surface area (Å²) < 4.78 is 11.7. The molecule has 160 valence electrons. The standard InChI is InChI=1S/C21H23Cl2N3O3S/c1-21(2,3)29-20(27)26-6-7-28-19(13-4-5-16(22)17(23)8-13)14(11-26)9-18-25-15(10-24)12-30-18/h4-5,8,12,14,19H,6-7,9,11H2,1-3H3/t14-,19+/m1/s1. The molecular formula is C21H23Cl2N3O3S. The molecule has 1 aliphatic heterocycles. The number of ether oxygens (including phenoxy) is 2. The van der Waals surface area contributed by atoms with Crippen molar-refractivity contribution in [1.29, 1.82) is 5.26 Å². The first-order chi connectivity index (χ1) is 14.2. The summed E-state index contributed by atoms with van der Waals surface area (Å²) in [4.78, 5) is 18.7. The molecule has 3 rings (SSSR count). The molecule has 0 bridgehead atoms. The second-order valence-corrected chi connectivity index (χ2v) is 9.85. The Morgan fingerprint density at radius 1 is 1.40 bits per heavy atom. The maximum absolute atomic E-state index is 12.7. The van der Waals surface area contributed by atoms with Crippen LogP contribution in [0.2, 0.25) is 10.0 Å². The van der Waals surface area contributed by atoms with E-state index in [4.69, 9.17) is 37.9 Å². The number of nitrogens with zero attached hydrogens (tertiary/aromatic N) is 3. The first kappa shape index (κ1) is 22.8. The third-order valence-electron chi connectivity index (χ3n) is 4.57. The summed E-state index contributed by atoms with van der Waals surface area (Å²) in [7, 11) is 0. The van der Waals surface area contributed by atoms with Crippen molar-refractivity contribution >= 4 is 40.6 Å². The molecule has 0 spiro atoms. The number of thiazole rings is 1. The van der Waals surface area contributed by atoms with Gasteiger partial charge in [0, 0.05) is 30.8 Å². The van der Waals surface area contributed by atoms with Crippen LogP contribution in [0.25, 0.3) is 0 Å². The molecule has 0 saturated carbocycles. The van der Waals surface area contributed by atoms with Gasteiger partial charge in [-0.25, -0.2) is 9.78 Å². The van der Waals surface area contributed by atoms with Crippen molar-refractivity contribution in [3.05, 3.63) is 49.9 Å². The number of aromatic nitrogens is 1. The van der Waals surface area contributed by atoms with E-state index in [1.807, 2.05) is 26.8 Å². The molecule has 1 aromatic carbocycles. The zero-order chi connectivity index (χ0) is 21.9. The van der Waals surface area contributed by atoms with Crippen LogP contribution in [-0.4, -0.2) is 41.3 Å². The van der Waals surface area contributed by atoms with Crippen molar-refractivity contribution in [3.8, 4) is 6.07 Å². The van der Waals surface area contributed by atoms with Crippen LogP contribution in [0.5, 0.6) is 0 Å². The Morgan fingerprint density at radius 3 is 2.80 bits per heavy atom. The molecule has 2 heterocycles. The van der Waals surface area contributed by atoms with Gasteiger partial charge in [-0.05, 0) is 38.5 Å². The highest BCUT2D eigenvalue weighted by atomic mass is 35.5. The molecule has 30 heavy (non-hydrogen) atoms. The summed E-state index contributed by atoms with van der Waals surface area (Å²) >= 11 is 13.7. The molecule has 1 aliphatic rings. The Labute approximate surface area is 190 Å². The van der Waals surface area contributed by atoms with E-state index in [0.29, 0.717) is 41.9 Å². The van der Waals surface area contributed by atoms with Gasteiger partial charge >= 0.3 is 6.09 Å². The molecular weight excluding hydrogens is 445 g/mol. The summed E-state index contributed by atoms with van der Waals surface area (Å²) in [5.41, 5.74) is 0.692. The van der Waals surface area contributed by atoms with Gasteiger partial charge in [-0.15, -0.1) is 11.3 Å². The molecule has 1 aromatic heterocycles. The molecule has 0 unspecified atom stereocenters. The Bertz CT molecular complexity index is 952. The average Bonchev–Trinajstić information content (AvgIpc) is 3.01. The number of benzene rings is 1.